The third-order valence-electron chi connectivity index (χ3n) is 6.86. The van der Waals surface area contributed by atoms with E-state index in [-0.39, 0.29) is 11.7 Å². The molecule has 2 heterocycles. The van der Waals surface area contributed by atoms with Crippen molar-refractivity contribution in [2.24, 2.45) is 0 Å². The fourth-order valence-corrected chi connectivity index (χ4v) is 4.48. The zero-order valence-corrected chi connectivity index (χ0v) is 21.9. The molecule has 37 heavy (non-hydrogen) atoms. The minimum absolute atomic E-state index is 0.236. The van der Waals surface area contributed by atoms with E-state index in [2.05, 4.69) is 39.7 Å². The Kier molecular flexibility index (Phi) is 8.74. The first-order valence-corrected chi connectivity index (χ1v) is 12.6. The molecule has 4 rings (SSSR count). The van der Waals surface area contributed by atoms with E-state index in [4.69, 9.17) is 14.9 Å². The number of hydrogen-bond acceptors (Lipinski definition) is 5. The quantitative estimate of drug-likeness (QED) is 0.211. The number of piperazine rings is 1. The van der Waals surface area contributed by atoms with Crippen LogP contribution < -0.4 is 15.5 Å². The second-order valence-electron chi connectivity index (χ2n) is 9.25. The molecule has 2 aromatic carbocycles. The Morgan fingerprint density at radius 3 is 2.38 bits per heavy atom. The lowest BCUT2D eigenvalue weighted by Gasteiger charge is -2.36. The summed E-state index contributed by atoms with van der Waals surface area (Å²) in [5.41, 5.74) is 5.04. The molecule has 0 radical (unpaired) electrons. The van der Waals surface area contributed by atoms with Crippen molar-refractivity contribution < 1.29 is 24.3 Å². The minimum Gasteiger partial charge on any atom is -0.497 e. The van der Waals surface area contributed by atoms with E-state index in [1.165, 1.54) is 17.6 Å². The number of allylic oxidation sites excluding steroid dienone is 2. The molecular formula is C29H37N5O3+2. The number of likely N-dealkylation sites (N-methyl/N-ethyl adjacent to an activating group) is 1. The van der Waals surface area contributed by atoms with E-state index < -0.39 is 0 Å². The molecule has 1 saturated heterocycles. The maximum absolute atomic E-state index is 13.4. The van der Waals surface area contributed by atoms with Gasteiger partial charge in [-0.05, 0) is 29.8 Å². The molecule has 2 aromatic rings. The predicted molar refractivity (Wildman–Crippen MR) is 146 cm³/mol. The molecule has 0 bridgehead atoms. The fraction of sp³-hybridized carbons (Fsp3) is 0.345. The van der Waals surface area contributed by atoms with Crippen LogP contribution in [0.5, 0.6) is 5.75 Å². The summed E-state index contributed by atoms with van der Waals surface area (Å²) in [6.45, 7) is 6.65. The molecule has 2 aliphatic heterocycles. The number of amides is 1. The fourth-order valence-electron chi connectivity index (χ4n) is 4.48. The smallest absolute Gasteiger partial charge is 0.293 e. The highest BCUT2D eigenvalue weighted by Gasteiger charge is 2.29. The molecule has 0 aliphatic carbocycles. The number of nitrogens with zero attached hydrogens (tertiary/aromatic N) is 3. The summed E-state index contributed by atoms with van der Waals surface area (Å²) in [4.78, 5) is 17.9. The molecule has 1 fully saturated rings. The van der Waals surface area contributed by atoms with Gasteiger partial charge in [0.2, 0.25) is 11.5 Å². The number of carbonyl (C=O) groups is 1. The lowest BCUT2D eigenvalue weighted by molar-refractivity contribution is -0.458. The van der Waals surface area contributed by atoms with Crippen LogP contribution in [0.3, 0.4) is 0 Å². The number of nitrogens with one attached hydrogen (secondary N) is 1. The van der Waals surface area contributed by atoms with Crippen molar-refractivity contribution in [3.63, 3.8) is 0 Å². The molecule has 0 spiro atoms. The highest BCUT2D eigenvalue weighted by molar-refractivity contribution is 6.05. The normalized spacial score (nSPS) is 16.4. The molecule has 0 atom stereocenters. The molecule has 1 amide bonds. The van der Waals surface area contributed by atoms with Gasteiger partial charge in [0.15, 0.2) is 11.9 Å². The Hall–Kier alpha value is -3.91. The van der Waals surface area contributed by atoms with Gasteiger partial charge in [-0.2, -0.15) is 0 Å². The summed E-state index contributed by atoms with van der Waals surface area (Å²) in [6, 6.07) is 17.2. The van der Waals surface area contributed by atoms with E-state index in [0.29, 0.717) is 24.4 Å². The van der Waals surface area contributed by atoms with Crippen molar-refractivity contribution in [3.05, 3.63) is 83.4 Å². The summed E-state index contributed by atoms with van der Waals surface area (Å²) in [5.74, 6) is 0.729. The van der Waals surface area contributed by atoms with Gasteiger partial charge in [-0.3, -0.25) is 15.1 Å². The van der Waals surface area contributed by atoms with Gasteiger partial charge in [0.1, 0.15) is 18.5 Å². The van der Waals surface area contributed by atoms with Gasteiger partial charge in [-0.1, -0.05) is 30.3 Å². The van der Waals surface area contributed by atoms with Crippen molar-refractivity contribution >= 4 is 23.5 Å². The monoisotopic (exact) mass is 503 g/mol. The molecule has 2 aliphatic rings. The number of ether oxygens (including phenoxy) is 2. The number of methoxy groups -OCH3 is 1. The van der Waals surface area contributed by atoms with Crippen LogP contribution in [0.15, 0.2) is 77.8 Å². The van der Waals surface area contributed by atoms with Gasteiger partial charge in [-0.25, -0.2) is 4.58 Å². The van der Waals surface area contributed by atoms with Crippen molar-refractivity contribution in [2.75, 3.05) is 58.8 Å². The second kappa shape index (κ2) is 12.4. The molecule has 8 nitrogen and oxygen atoms in total. The van der Waals surface area contributed by atoms with Crippen LogP contribution in [-0.4, -0.2) is 85.7 Å². The highest BCUT2D eigenvalue weighted by atomic mass is 16.5. The molecular weight excluding hydrogens is 466 g/mol. The number of nitrogens with two attached hydrogens (primary N) is 1. The Balaban J connectivity index is 1.45. The average Bonchev–Trinajstić information content (AvgIpc) is 2.93. The van der Waals surface area contributed by atoms with E-state index in [1.807, 2.05) is 54.6 Å². The van der Waals surface area contributed by atoms with Crippen LogP contribution in [0.1, 0.15) is 12.5 Å². The number of rotatable bonds is 11. The minimum atomic E-state index is -0.313. The van der Waals surface area contributed by atoms with Gasteiger partial charge < -0.3 is 19.7 Å². The topological polar surface area (TPSA) is 82.6 Å². The van der Waals surface area contributed by atoms with Crippen molar-refractivity contribution in [1.29, 1.82) is 0 Å². The number of benzene rings is 2. The first-order valence-electron chi connectivity index (χ1n) is 12.6. The van der Waals surface area contributed by atoms with E-state index in [9.17, 15) is 4.79 Å². The summed E-state index contributed by atoms with van der Waals surface area (Å²) >= 11 is 0. The van der Waals surface area contributed by atoms with Crippen LogP contribution in [-0.2, 0) is 16.0 Å². The lowest BCUT2D eigenvalue weighted by Crippen LogP contribution is -2.50. The first kappa shape index (κ1) is 26.2. The molecule has 194 valence electrons. The largest absolute Gasteiger partial charge is 0.497 e. The molecule has 8 heteroatoms. The first-order chi connectivity index (χ1) is 18.0. The third-order valence-corrected chi connectivity index (χ3v) is 6.86. The number of para-hydroxylation sites is 1. The Morgan fingerprint density at radius 1 is 1.08 bits per heavy atom. The van der Waals surface area contributed by atoms with Gasteiger partial charge in [0.25, 0.3) is 5.91 Å². The summed E-state index contributed by atoms with van der Waals surface area (Å²) in [7, 11) is 3.75. The van der Waals surface area contributed by atoms with Crippen molar-refractivity contribution in [3.8, 4) is 5.75 Å². The number of carbonyl (C=O) groups excluding carboxylic acids is 1. The van der Waals surface area contributed by atoms with Crippen molar-refractivity contribution in [2.45, 2.75) is 13.3 Å². The van der Waals surface area contributed by atoms with Gasteiger partial charge >= 0.3 is 0 Å². The van der Waals surface area contributed by atoms with Crippen LogP contribution >= 0.6 is 0 Å². The SMILES string of the molecule is COc1ccc(CCO/C(C(=O)Nc2ccccc2)=C(/C=[NH2+])N2CCN(CC3=CC(C)=[N+]3C)CC2)cc1. The van der Waals surface area contributed by atoms with E-state index in [0.717, 1.165) is 44.0 Å². The number of anilines is 1. The predicted octanol–water partition coefficient (Wildman–Crippen LogP) is 1.55. The second-order valence-corrected chi connectivity index (χ2v) is 9.25. The Bertz CT molecular complexity index is 1190. The standard InChI is InChI=1S/C29H35N5O3/c1-22-19-25(32(22)2)21-33-14-16-34(17-15-33)27(20-30)28(29(35)31-24-7-5-4-6-8-24)37-18-13-23-9-11-26(36-3)12-10-23/h4-12,19-20,30H,13-18,21H2,1-3H3/p+2/b28-27-,30-20?. The van der Waals surface area contributed by atoms with Crippen LogP contribution in [0.25, 0.3) is 0 Å². The Morgan fingerprint density at radius 2 is 1.78 bits per heavy atom. The third kappa shape index (κ3) is 6.65. The average molecular weight is 504 g/mol. The molecule has 3 N–H and O–H groups in total. The highest BCUT2D eigenvalue weighted by Crippen LogP contribution is 2.19. The number of hydrogen-bond donors (Lipinski definition) is 2. The zero-order valence-electron chi connectivity index (χ0n) is 21.9. The van der Waals surface area contributed by atoms with Crippen molar-refractivity contribution in [1.82, 2.24) is 9.80 Å². The molecule has 0 aromatic heterocycles. The van der Waals surface area contributed by atoms with Gasteiger partial charge in [0.05, 0.1) is 26.3 Å². The van der Waals surface area contributed by atoms with Crippen LogP contribution in [0.4, 0.5) is 5.69 Å². The summed E-state index contributed by atoms with van der Waals surface area (Å²) in [5, 5.41) is 9.05. The van der Waals surface area contributed by atoms with E-state index >= 15 is 0 Å². The maximum atomic E-state index is 13.4. The van der Waals surface area contributed by atoms with E-state index in [1.54, 1.807) is 7.11 Å². The zero-order chi connectivity index (χ0) is 26.2. The molecule has 0 saturated carbocycles. The van der Waals surface area contributed by atoms with Crippen LogP contribution in [0, 0.1) is 0 Å². The lowest BCUT2D eigenvalue weighted by atomic mass is 10.1. The van der Waals surface area contributed by atoms with Gasteiger partial charge in [0, 0.05) is 45.2 Å². The Labute approximate surface area is 219 Å². The van der Waals surface area contributed by atoms with Crippen LogP contribution in [0.2, 0.25) is 0 Å². The maximum Gasteiger partial charge on any atom is 0.293 e. The molecule has 0 unspecified atom stereocenters. The summed E-state index contributed by atoms with van der Waals surface area (Å²) in [6.07, 6.45) is 4.37. The summed E-state index contributed by atoms with van der Waals surface area (Å²) < 4.78 is 13.6. The van der Waals surface area contributed by atoms with Gasteiger partial charge in [-0.15, -0.1) is 0 Å².